The summed E-state index contributed by atoms with van der Waals surface area (Å²) in [5, 5.41) is 0. The number of nitrogens with zero attached hydrogens (tertiary/aromatic N) is 2. The minimum atomic E-state index is -0.101. The largest absolute Gasteiger partial charge is 0.338 e. The lowest BCUT2D eigenvalue weighted by atomic mass is 10.1. The summed E-state index contributed by atoms with van der Waals surface area (Å²) < 4.78 is 0. The van der Waals surface area contributed by atoms with E-state index >= 15 is 0 Å². The Labute approximate surface area is 91.4 Å². The SMILES string of the molecule is CC1CN(C)C(CN)C(=O)N(C2CC2)C1. The first-order chi connectivity index (χ1) is 7.13. The summed E-state index contributed by atoms with van der Waals surface area (Å²) in [6.07, 6.45) is 2.36. The van der Waals surface area contributed by atoms with E-state index < -0.39 is 0 Å². The van der Waals surface area contributed by atoms with Gasteiger partial charge in [-0.1, -0.05) is 6.92 Å². The summed E-state index contributed by atoms with van der Waals surface area (Å²) in [5.74, 6) is 0.794. The monoisotopic (exact) mass is 211 g/mol. The third-order valence-corrected chi connectivity index (χ3v) is 3.42. The van der Waals surface area contributed by atoms with Crippen LogP contribution in [0.15, 0.2) is 0 Å². The fourth-order valence-corrected chi connectivity index (χ4v) is 2.48. The molecule has 15 heavy (non-hydrogen) atoms. The van der Waals surface area contributed by atoms with Gasteiger partial charge in [0, 0.05) is 25.7 Å². The van der Waals surface area contributed by atoms with Crippen LogP contribution in [0.3, 0.4) is 0 Å². The Hall–Kier alpha value is -0.610. The van der Waals surface area contributed by atoms with Gasteiger partial charge in [-0.05, 0) is 25.8 Å². The minimum Gasteiger partial charge on any atom is -0.338 e. The Morgan fingerprint density at radius 3 is 2.60 bits per heavy atom. The average molecular weight is 211 g/mol. The normalized spacial score (nSPS) is 34.3. The van der Waals surface area contributed by atoms with E-state index in [9.17, 15) is 4.79 Å². The zero-order valence-corrected chi connectivity index (χ0v) is 9.65. The van der Waals surface area contributed by atoms with Gasteiger partial charge in [0.25, 0.3) is 0 Å². The third kappa shape index (κ3) is 2.16. The Balaban J connectivity index is 2.14. The highest BCUT2D eigenvalue weighted by atomic mass is 16.2. The number of carbonyl (C=O) groups excluding carboxylic acids is 1. The van der Waals surface area contributed by atoms with Crippen LogP contribution in [0, 0.1) is 5.92 Å². The highest BCUT2D eigenvalue weighted by molar-refractivity contribution is 5.83. The molecule has 0 aromatic heterocycles. The van der Waals surface area contributed by atoms with Gasteiger partial charge in [-0.2, -0.15) is 0 Å². The van der Waals surface area contributed by atoms with Crippen LogP contribution in [0.5, 0.6) is 0 Å². The zero-order valence-electron chi connectivity index (χ0n) is 9.65. The van der Waals surface area contributed by atoms with Crippen molar-refractivity contribution in [1.29, 1.82) is 0 Å². The van der Waals surface area contributed by atoms with Crippen LogP contribution in [-0.4, -0.2) is 54.5 Å². The van der Waals surface area contributed by atoms with Gasteiger partial charge in [-0.25, -0.2) is 0 Å². The maximum atomic E-state index is 12.2. The van der Waals surface area contributed by atoms with Crippen molar-refractivity contribution in [3.05, 3.63) is 0 Å². The molecule has 1 aliphatic heterocycles. The third-order valence-electron chi connectivity index (χ3n) is 3.42. The number of nitrogens with two attached hydrogens (primary N) is 1. The lowest BCUT2D eigenvalue weighted by Crippen LogP contribution is -2.49. The molecule has 1 heterocycles. The van der Waals surface area contributed by atoms with E-state index in [2.05, 4.69) is 16.7 Å². The summed E-state index contributed by atoms with van der Waals surface area (Å²) in [6, 6.07) is 0.413. The quantitative estimate of drug-likeness (QED) is 0.693. The molecule has 2 fully saturated rings. The second-order valence-corrected chi connectivity index (χ2v) is 5.02. The van der Waals surface area contributed by atoms with Crippen LogP contribution in [0.2, 0.25) is 0 Å². The van der Waals surface area contributed by atoms with Gasteiger partial charge in [0.05, 0.1) is 0 Å². The molecule has 86 valence electrons. The van der Waals surface area contributed by atoms with Gasteiger partial charge in [0.15, 0.2) is 0 Å². The van der Waals surface area contributed by atoms with Crippen LogP contribution >= 0.6 is 0 Å². The average Bonchev–Trinajstić information content (AvgIpc) is 2.97. The molecular weight excluding hydrogens is 190 g/mol. The Kier molecular flexibility index (Phi) is 2.98. The molecule has 4 nitrogen and oxygen atoms in total. The first kappa shape index (κ1) is 10.9. The molecule has 2 N–H and O–H groups in total. The molecule has 0 bridgehead atoms. The Morgan fingerprint density at radius 1 is 1.40 bits per heavy atom. The Morgan fingerprint density at radius 2 is 2.07 bits per heavy atom. The Bertz CT molecular complexity index is 252. The van der Waals surface area contributed by atoms with Crippen molar-refractivity contribution in [2.75, 3.05) is 26.7 Å². The molecule has 2 aliphatic rings. The van der Waals surface area contributed by atoms with E-state index in [0.29, 0.717) is 18.5 Å². The lowest BCUT2D eigenvalue weighted by molar-refractivity contribution is -0.135. The maximum Gasteiger partial charge on any atom is 0.241 e. The summed E-state index contributed by atoms with van der Waals surface area (Å²) in [4.78, 5) is 16.4. The van der Waals surface area contributed by atoms with Gasteiger partial charge in [-0.15, -0.1) is 0 Å². The van der Waals surface area contributed by atoms with Crippen LogP contribution < -0.4 is 5.73 Å². The first-order valence-corrected chi connectivity index (χ1v) is 5.84. The maximum absolute atomic E-state index is 12.2. The molecule has 0 aromatic rings. The highest BCUT2D eigenvalue weighted by Crippen LogP contribution is 2.30. The van der Waals surface area contributed by atoms with Crippen molar-refractivity contribution in [2.45, 2.75) is 31.8 Å². The predicted molar refractivity (Wildman–Crippen MR) is 59.4 cm³/mol. The predicted octanol–water partition coefficient (Wildman–Crippen LogP) is -0.114. The zero-order chi connectivity index (χ0) is 11.0. The fourth-order valence-electron chi connectivity index (χ4n) is 2.48. The van der Waals surface area contributed by atoms with Crippen molar-refractivity contribution in [1.82, 2.24) is 9.80 Å². The van der Waals surface area contributed by atoms with Crippen LogP contribution in [0.4, 0.5) is 0 Å². The molecule has 0 radical (unpaired) electrons. The molecule has 2 unspecified atom stereocenters. The molecule has 1 saturated carbocycles. The molecule has 1 amide bonds. The van der Waals surface area contributed by atoms with Crippen molar-refractivity contribution in [2.24, 2.45) is 11.7 Å². The molecular formula is C11H21N3O. The van der Waals surface area contributed by atoms with Gasteiger partial charge >= 0.3 is 0 Å². The summed E-state index contributed by atoms with van der Waals surface area (Å²) in [7, 11) is 2.00. The van der Waals surface area contributed by atoms with E-state index in [1.807, 2.05) is 7.05 Å². The minimum absolute atomic E-state index is 0.101. The molecule has 2 rings (SSSR count). The van der Waals surface area contributed by atoms with Gasteiger partial charge < -0.3 is 10.6 Å². The second-order valence-electron chi connectivity index (χ2n) is 5.02. The molecule has 0 spiro atoms. The van der Waals surface area contributed by atoms with E-state index in [-0.39, 0.29) is 11.9 Å². The van der Waals surface area contributed by atoms with Crippen molar-refractivity contribution >= 4 is 5.91 Å². The highest BCUT2D eigenvalue weighted by Gasteiger charge is 2.39. The van der Waals surface area contributed by atoms with E-state index in [0.717, 1.165) is 13.1 Å². The van der Waals surface area contributed by atoms with Crippen molar-refractivity contribution in [3.8, 4) is 0 Å². The van der Waals surface area contributed by atoms with Gasteiger partial charge in [-0.3, -0.25) is 9.69 Å². The number of hydrogen-bond donors (Lipinski definition) is 1. The molecule has 0 aromatic carbocycles. The standard InChI is InChI=1S/C11H21N3O/c1-8-6-13(2)10(5-12)11(15)14(7-8)9-3-4-9/h8-10H,3-7,12H2,1-2H3. The van der Waals surface area contributed by atoms with E-state index in [1.54, 1.807) is 0 Å². The molecule has 4 heteroatoms. The number of carbonyl (C=O) groups is 1. The van der Waals surface area contributed by atoms with Crippen LogP contribution in [0.1, 0.15) is 19.8 Å². The first-order valence-electron chi connectivity index (χ1n) is 5.84. The lowest BCUT2D eigenvalue weighted by Gasteiger charge is -2.26. The van der Waals surface area contributed by atoms with Crippen molar-refractivity contribution in [3.63, 3.8) is 0 Å². The topological polar surface area (TPSA) is 49.6 Å². The number of hydrogen-bond acceptors (Lipinski definition) is 3. The van der Waals surface area contributed by atoms with E-state index in [1.165, 1.54) is 12.8 Å². The summed E-state index contributed by atoms with van der Waals surface area (Å²) in [6.45, 7) is 4.52. The molecule has 2 atom stereocenters. The number of amides is 1. The summed E-state index contributed by atoms with van der Waals surface area (Å²) >= 11 is 0. The second kappa shape index (κ2) is 4.10. The van der Waals surface area contributed by atoms with E-state index in [4.69, 9.17) is 5.73 Å². The smallest absolute Gasteiger partial charge is 0.241 e. The van der Waals surface area contributed by atoms with Gasteiger partial charge in [0.1, 0.15) is 6.04 Å². The number of likely N-dealkylation sites (N-methyl/N-ethyl adjacent to an activating group) is 1. The molecule has 1 saturated heterocycles. The van der Waals surface area contributed by atoms with Crippen molar-refractivity contribution < 1.29 is 4.79 Å². The number of rotatable bonds is 2. The molecule has 1 aliphatic carbocycles. The van der Waals surface area contributed by atoms with Gasteiger partial charge in [0.2, 0.25) is 5.91 Å². The fraction of sp³-hybridized carbons (Fsp3) is 0.909. The van der Waals surface area contributed by atoms with Crippen LogP contribution in [0.25, 0.3) is 0 Å². The van der Waals surface area contributed by atoms with Crippen LogP contribution in [-0.2, 0) is 4.79 Å². The summed E-state index contributed by atoms with van der Waals surface area (Å²) in [5.41, 5.74) is 5.69.